The molecule has 0 radical (unpaired) electrons. The maximum atomic E-state index is 11.9. The van der Waals surface area contributed by atoms with Gasteiger partial charge in [-0.25, -0.2) is 0 Å². The summed E-state index contributed by atoms with van der Waals surface area (Å²) in [6.07, 6.45) is 2.73. The molecule has 0 aliphatic carbocycles. The van der Waals surface area contributed by atoms with Crippen LogP contribution >= 0.6 is 12.2 Å². The quantitative estimate of drug-likeness (QED) is 0.260. The second kappa shape index (κ2) is 10.6. The number of benzene rings is 1. The summed E-state index contributed by atoms with van der Waals surface area (Å²) in [5, 5.41) is 16.1. The Morgan fingerprint density at radius 2 is 2.00 bits per heavy atom. The summed E-state index contributed by atoms with van der Waals surface area (Å²) >= 11 is 5.80. The highest BCUT2D eigenvalue weighted by atomic mass is 32.1. The van der Waals surface area contributed by atoms with Crippen molar-refractivity contribution in [3.05, 3.63) is 81.4 Å². The van der Waals surface area contributed by atoms with E-state index in [0.717, 1.165) is 42.2 Å². The third kappa shape index (κ3) is 4.91. The predicted molar refractivity (Wildman–Crippen MR) is 144 cm³/mol. The van der Waals surface area contributed by atoms with E-state index in [0.29, 0.717) is 16.5 Å². The van der Waals surface area contributed by atoms with E-state index in [4.69, 9.17) is 17.0 Å². The summed E-state index contributed by atoms with van der Waals surface area (Å²) in [4.78, 5) is 20.6. The molecule has 2 atom stereocenters. The lowest BCUT2D eigenvalue weighted by atomic mass is 9.96. The number of hydrogen-bond acceptors (Lipinski definition) is 6. The number of methoxy groups -OCH3 is 1. The van der Waals surface area contributed by atoms with Gasteiger partial charge in [-0.05, 0) is 89.0 Å². The Balaban J connectivity index is 1.82. The van der Waals surface area contributed by atoms with E-state index >= 15 is 0 Å². The van der Waals surface area contributed by atoms with Gasteiger partial charge in [-0.1, -0.05) is 6.07 Å². The van der Waals surface area contributed by atoms with Crippen molar-refractivity contribution in [2.75, 3.05) is 34.3 Å². The van der Waals surface area contributed by atoms with Gasteiger partial charge in [0.2, 0.25) is 0 Å². The SMILES string of the molecule is COc1ccc(-n2c(C)cc([C@@H]3[C@@H](c4ccccn4)NC(=S)N3CCCN(C)C)c2C)c([N+](=O)[O-])c1. The van der Waals surface area contributed by atoms with E-state index in [-0.39, 0.29) is 22.7 Å². The minimum Gasteiger partial charge on any atom is -0.496 e. The van der Waals surface area contributed by atoms with Crippen molar-refractivity contribution in [2.24, 2.45) is 0 Å². The molecule has 1 aliphatic rings. The number of ether oxygens (including phenoxy) is 1. The zero-order valence-electron chi connectivity index (χ0n) is 21.3. The van der Waals surface area contributed by atoms with Crippen molar-refractivity contribution < 1.29 is 9.66 Å². The van der Waals surface area contributed by atoms with Crippen LogP contribution in [-0.4, -0.2) is 63.7 Å². The minimum absolute atomic E-state index is 0.00752. The first-order valence-electron chi connectivity index (χ1n) is 11.9. The number of nitro groups is 1. The summed E-state index contributed by atoms with van der Waals surface area (Å²) in [6, 6.07) is 12.7. The normalized spacial score (nSPS) is 17.5. The summed E-state index contributed by atoms with van der Waals surface area (Å²) in [5.74, 6) is 0.445. The van der Waals surface area contributed by atoms with E-state index in [2.05, 4.69) is 40.3 Å². The van der Waals surface area contributed by atoms with Crippen LogP contribution in [0.4, 0.5) is 5.69 Å². The van der Waals surface area contributed by atoms with Gasteiger partial charge in [0.05, 0.1) is 35.9 Å². The summed E-state index contributed by atoms with van der Waals surface area (Å²) in [7, 11) is 5.62. The molecule has 10 heteroatoms. The van der Waals surface area contributed by atoms with Gasteiger partial charge in [-0.3, -0.25) is 15.1 Å². The molecule has 1 aliphatic heterocycles. The number of nitrogens with zero attached hydrogens (tertiary/aromatic N) is 5. The third-order valence-electron chi connectivity index (χ3n) is 6.61. The van der Waals surface area contributed by atoms with Crippen LogP contribution in [0.1, 0.15) is 41.1 Å². The molecule has 1 N–H and O–H groups in total. The topological polar surface area (TPSA) is 88.7 Å². The minimum atomic E-state index is -0.368. The summed E-state index contributed by atoms with van der Waals surface area (Å²) in [6.45, 7) is 5.70. The Labute approximate surface area is 216 Å². The first-order chi connectivity index (χ1) is 17.2. The van der Waals surface area contributed by atoms with Gasteiger partial charge in [0.1, 0.15) is 11.4 Å². The van der Waals surface area contributed by atoms with Gasteiger partial charge in [-0.15, -0.1) is 0 Å². The van der Waals surface area contributed by atoms with Crippen LogP contribution < -0.4 is 10.1 Å². The largest absolute Gasteiger partial charge is 0.496 e. The lowest BCUT2D eigenvalue weighted by Gasteiger charge is -2.28. The summed E-state index contributed by atoms with van der Waals surface area (Å²) in [5.41, 5.74) is 4.29. The first kappa shape index (κ1) is 25.6. The Hall–Kier alpha value is -3.50. The van der Waals surface area contributed by atoms with Crippen molar-refractivity contribution >= 4 is 23.0 Å². The van der Waals surface area contributed by atoms with Crippen molar-refractivity contribution in [1.29, 1.82) is 0 Å². The van der Waals surface area contributed by atoms with Gasteiger partial charge in [0.25, 0.3) is 5.69 Å². The van der Waals surface area contributed by atoms with Crippen molar-refractivity contribution in [1.82, 2.24) is 24.7 Å². The Morgan fingerprint density at radius 1 is 1.22 bits per heavy atom. The lowest BCUT2D eigenvalue weighted by Crippen LogP contribution is -2.32. The highest BCUT2D eigenvalue weighted by Crippen LogP contribution is 2.42. The Bertz CT molecular complexity index is 1260. The van der Waals surface area contributed by atoms with E-state index in [1.165, 1.54) is 13.2 Å². The molecule has 36 heavy (non-hydrogen) atoms. The van der Waals surface area contributed by atoms with Crippen LogP contribution in [0.3, 0.4) is 0 Å². The smallest absolute Gasteiger partial charge is 0.296 e. The van der Waals surface area contributed by atoms with Crippen molar-refractivity contribution in [3.63, 3.8) is 0 Å². The zero-order chi connectivity index (χ0) is 26.0. The molecular formula is C26H32N6O3S. The van der Waals surface area contributed by atoms with Gasteiger partial charge in [0, 0.05) is 24.1 Å². The van der Waals surface area contributed by atoms with Crippen LogP contribution in [0.15, 0.2) is 48.7 Å². The number of rotatable bonds is 9. The predicted octanol–water partition coefficient (Wildman–Crippen LogP) is 4.33. The number of hydrogen-bond donors (Lipinski definition) is 1. The average molecular weight is 509 g/mol. The molecule has 3 heterocycles. The third-order valence-corrected chi connectivity index (χ3v) is 6.96. The van der Waals surface area contributed by atoms with Crippen LogP contribution in [0.5, 0.6) is 5.75 Å². The lowest BCUT2D eigenvalue weighted by molar-refractivity contribution is -0.384. The fourth-order valence-corrected chi connectivity index (χ4v) is 5.30. The molecule has 0 bridgehead atoms. The molecule has 1 saturated heterocycles. The molecule has 0 amide bonds. The first-order valence-corrected chi connectivity index (χ1v) is 12.3. The van der Waals surface area contributed by atoms with E-state index in [1.807, 2.05) is 36.6 Å². The highest BCUT2D eigenvalue weighted by Gasteiger charge is 2.41. The maximum absolute atomic E-state index is 11.9. The highest BCUT2D eigenvalue weighted by molar-refractivity contribution is 7.80. The van der Waals surface area contributed by atoms with E-state index in [9.17, 15) is 10.1 Å². The van der Waals surface area contributed by atoms with Gasteiger partial charge >= 0.3 is 0 Å². The van der Waals surface area contributed by atoms with Crippen LogP contribution in [-0.2, 0) is 0 Å². The Kier molecular flexibility index (Phi) is 7.56. The number of nitro benzene ring substituents is 1. The van der Waals surface area contributed by atoms with Gasteiger partial charge < -0.3 is 24.4 Å². The molecule has 190 valence electrons. The zero-order valence-corrected chi connectivity index (χ0v) is 22.1. The maximum Gasteiger partial charge on any atom is 0.296 e. The molecule has 2 aromatic heterocycles. The molecule has 0 unspecified atom stereocenters. The van der Waals surface area contributed by atoms with Crippen LogP contribution in [0, 0.1) is 24.0 Å². The average Bonchev–Trinajstić information content (AvgIpc) is 3.33. The summed E-state index contributed by atoms with van der Waals surface area (Å²) < 4.78 is 7.18. The van der Waals surface area contributed by atoms with E-state index in [1.54, 1.807) is 18.3 Å². The number of thiocarbonyl (C=S) groups is 1. The molecule has 3 aromatic rings. The fraction of sp³-hybridized carbons (Fsp3) is 0.385. The molecule has 0 saturated carbocycles. The number of aromatic nitrogens is 2. The monoisotopic (exact) mass is 508 g/mol. The fourth-order valence-electron chi connectivity index (χ4n) is 4.97. The molecule has 1 fully saturated rings. The van der Waals surface area contributed by atoms with Gasteiger partial charge in [0.15, 0.2) is 5.11 Å². The van der Waals surface area contributed by atoms with Crippen LogP contribution in [0.25, 0.3) is 5.69 Å². The molecular weight excluding hydrogens is 476 g/mol. The van der Waals surface area contributed by atoms with Crippen LogP contribution in [0.2, 0.25) is 0 Å². The van der Waals surface area contributed by atoms with Crippen molar-refractivity contribution in [2.45, 2.75) is 32.4 Å². The number of aryl methyl sites for hydroxylation is 1. The number of pyridine rings is 1. The molecule has 4 rings (SSSR count). The second-order valence-electron chi connectivity index (χ2n) is 9.25. The van der Waals surface area contributed by atoms with Gasteiger partial charge in [-0.2, -0.15) is 0 Å². The molecule has 0 spiro atoms. The second-order valence-corrected chi connectivity index (χ2v) is 9.64. The Morgan fingerprint density at radius 3 is 2.64 bits per heavy atom. The standard InChI is InChI=1S/C26H32N6O3S/c1-17-15-20(18(2)31(17)22-11-10-19(35-5)16-23(22)32(33)34)25-24(21-9-6-7-12-27-21)28-26(36)30(25)14-8-13-29(3)4/h6-7,9-12,15-16,24-25H,8,13-14H2,1-5H3,(H,28,36)/t24-,25-/m1/s1. The van der Waals surface area contributed by atoms with E-state index < -0.39 is 0 Å². The van der Waals surface area contributed by atoms with Crippen molar-refractivity contribution in [3.8, 4) is 11.4 Å². The molecule has 1 aromatic carbocycles. The molecule has 9 nitrogen and oxygen atoms in total. The number of nitrogens with one attached hydrogen (secondary N) is 1.